The summed E-state index contributed by atoms with van der Waals surface area (Å²) in [5.74, 6) is -0.622. The van der Waals surface area contributed by atoms with Gasteiger partial charge in [0.05, 0.1) is 19.1 Å². The molecule has 0 aliphatic carbocycles. The molecular formula is C27H37N3O6. The summed E-state index contributed by atoms with van der Waals surface area (Å²) in [6.07, 6.45) is 4.94. The van der Waals surface area contributed by atoms with E-state index in [1.807, 2.05) is 56.3 Å². The SMILES string of the molecule is CCCON(CCC)C(=O)CN1C[C@H](c2ccc3c(c2)OCO3)C(C(=O)O)[C@@H]1CCc1cccn1C. The third-order valence-corrected chi connectivity index (χ3v) is 7.10. The molecule has 2 aromatic rings. The van der Waals surface area contributed by atoms with E-state index in [0.717, 1.165) is 30.5 Å². The molecule has 0 radical (unpaired) electrons. The van der Waals surface area contributed by atoms with Crippen LogP contribution in [0.1, 0.15) is 50.3 Å². The molecule has 1 aromatic heterocycles. The Morgan fingerprint density at radius 2 is 1.97 bits per heavy atom. The predicted octanol–water partition coefficient (Wildman–Crippen LogP) is 3.44. The lowest BCUT2D eigenvalue weighted by atomic mass is 9.83. The van der Waals surface area contributed by atoms with Crippen LogP contribution in [0.15, 0.2) is 36.5 Å². The van der Waals surface area contributed by atoms with Crippen molar-refractivity contribution in [2.45, 2.75) is 51.5 Å². The maximum absolute atomic E-state index is 13.3. The fourth-order valence-electron chi connectivity index (χ4n) is 5.30. The largest absolute Gasteiger partial charge is 0.481 e. The minimum absolute atomic E-state index is 0.117. The van der Waals surface area contributed by atoms with E-state index in [0.29, 0.717) is 37.6 Å². The van der Waals surface area contributed by atoms with Crippen molar-refractivity contribution in [3.63, 3.8) is 0 Å². The Hall–Kier alpha value is -3.04. The highest BCUT2D eigenvalue weighted by molar-refractivity contribution is 5.78. The molecule has 1 saturated heterocycles. The Bertz CT molecular complexity index is 1050. The van der Waals surface area contributed by atoms with Crippen LogP contribution in [0.3, 0.4) is 0 Å². The van der Waals surface area contributed by atoms with Crippen LogP contribution in [0.5, 0.6) is 11.5 Å². The second-order valence-electron chi connectivity index (χ2n) is 9.56. The van der Waals surface area contributed by atoms with Gasteiger partial charge in [-0.1, -0.05) is 19.9 Å². The Balaban J connectivity index is 1.60. The second kappa shape index (κ2) is 11.8. The number of hydrogen-bond acceptors (Lipinski definition) is 6. The van der Waals surface area contributed by atoms with Gasteiger partial charge >= 0.3 is 5.97 Å². The van der Waals surface area contributed by atoms with Gasteiger partial charge in [-0.15, -0.1) is 0 Å². The number of benzene rings is 1. The summed E-state index contributed by atoms with van der Waals surface area (Å²) in [6.45, 7) is 5.73. The number of carbonyl (C=O) groups excluding carboxylic acids is 1. The first-order valence-electron chi connectivity index (χ1n) is 12.8. The molecule has 1 unspecified atom stereocenters. The van der Waals surface area contributed by atoms with Crippen molar-refractivity contribution in [2.24, 2.45) is 13.0 Å². The van der Waals surface area contributed by atoms with Gasteiger partial charge in [-0.3, -0.25) is 19.3 Å². The molecule has 2 aliphatic rings. The van der Waals surface area contributed by atoms with Crippen molar-refractivity contribution >= 4 is 11.9 Å². The maximum Gasteiger partial charge on any atom is 0.308 e. The zero-order valence-electron chi connectivity index (χ0n) is 21.4. The molecule has 0 saturated carbocycles. The van der Waals surface area contributed by atoms with Gasteiger partial charge in [0.1, 0.15) is 0 Å². The summed E-state index contributed by atoms with van der Waals surface area (Å²) in [7, 11) is 1.99. The molecule has 4 rings (SSSR count). The van der Waals surface area contributed by atoms with Crippen LogP contribution in [-0.2, 0) is 27.9 Å². The Kier molecular flexibility index (Phi) is 8.53. The average molecular weight is 500 g/mol. The van der Waals surface area contributed by atoms with Crippen LogP contribution in [0.25, 0.3) is 0 Å². The van der Waals surface area contributed by atoms with Gasteiger partial charge in [-0.05, 0) is 55.5 Å². The quantitative estimate of drug-likeness (QED) is 0.447. The molecule has 0 spiro atoms. The number of carboxylic acid groups (broad SMARTS) is 1. The minimum atomic E-state index is -0.850. The lowest BCUT2D eigenvalue weighted by molar-refractivity contribution is -0.188. The van der Waals surface area contributed by atoms with Crippen molar-refractivity contribution in [3.8, 4) is 11.5 Å². The Labute approximate surface area is 212 Å². The van der Waals surface area contributed by atoms with Crippen LogP contribution < -0.4 is 9.47 Å². The fourth-order valence-corrected chi connectivity index (χ4v) is 5.30. The topological polar surface area (TPSA) is 93.5 Å². The second-order valence-corrected chi connectivity index (χ2v) is 9.56. The predicted molar refractivity (Wildman–Crippen MR) is 134 cm³/mol. The van der Waals surface area contributed by atoms with Crippen molar-refractivity contribution < 1.29 is 29.0 Å². The van der Waals surface area contributed by atoms with E-state index in [9.17, 15) is 14.7 Å². The van der Waals surface area contributed by atoms with Gasteiger partial charge in [0, 0.05) is 44.0 Å². The number of fused-ring (bicyclic) bond motifs is 1. The molecule has 2 aliphatic heterocycles. The third-order valence-electron chi connectivity index (χ3n) is 7.10. The van der Waals surface area contributed by atoms with Gasteiger partial charge in [-0.2, -0.15) is 0 Å². The molecule has 9 nitrogen and oxygen atoms in total. The van der Waals surface area contributed by atoms with Crippen molar-refractivity contribution in [1.29, 1.82) is 0 Å². The normalized spacial score (nSPS) is 21.1. The number of aromatic nitrogens is 1. The lowest BCUT2D eigenvalue weighted by Gasteiger charge is -2.29. The average Bonchev–Trinajstić information content (AvgIpc) is 3.58. The first-order chi connectivity index (χ1) is 17.4. The number of aliphatic carboxylic acids is 1. The van der Waals surface area contributed by atoms with Crippen LogP contribution in [0, 0.1) is 5.92 Å². The molecule has 0 bridgehead atoms. The molecule has 1 N–H and O–H groups in total. The molecule has 1 amide bonds. The first kappa shape index (κ1) is 26.0. The van der Waals surface area contributed by atoms with E-state index in [2.05, 4.69) is 10.6 Å². The number of amides is 1. The summed E-state index contributed by atoms with van der Waals surface area (Å²) in [5, 5.41) is 11.8. The van der Waals surface area contributed by atoms with Crippen LogP contribution in [0.4, 0.5) is 0 Å². The molecule has 3 atom stereocenters. The molecule has 36 heavy (non-hydrogen) atoms. The number of nitrogens with zero attached hydrogens (tertiary/aromatic N) is 3. The summed E-state index contributed by atoms with van der Waals surface area (Å²) >= 11 is 0. The number of carboxylic acids is 1. The molecule has 9 heteroatoms. The summed E-state index contributed by atoms with van der Waals surface area (Å²) < 4.78 is 13.0. The van der Waals surface area contributed by atoms with Crippen LogP contribution >= 0.6 is 0 Å². The number of aryl methyl sites for hydroxylation is 2. The van der Waals surface area contributed by atoms with E-state index in [1.54, 1.807) is 0 Å². The maximum atomic E-state index is 13.3. The fraction of sp³-hybridized carbons (Fsp3) is 0.556. The van der Waals surface area contributed by atoms with E-state index >= 15 is 0 Å². The monoisotopic (exact) mass is 499 g/mol. The summed E-state index contributed by atoms with van der Waals surface area (Å²) in [5.41, 5.74) is 2.02. The van der Waals surface area contributed by atoms with Crippen molar-refractivity contribution in [2.75, 3.05) is 33.0 Å². The van der Waals surface area contributed by atoms with Gasteiger partial charge in [0.25, 0.3) is 5.91 Å². The standard InChI is InChI=1S/C27H37N3O6/c1-4-12-30(36-14-5-2)25(31)17-29-16-21(19-8-11-23-24(15-19)35-18-34-23)26(27(32)33)22(29)10-9-20-7-6-13-28(20)3/h6-8,11,13,15,21-22,26H,4-5,9-10,12,14,16-18H2,1-3H3,(H,32,33)/t21-,22+,26?/m1/s1. The van der Waals surface area contributed by atoms with E-state index in [-0.39, 0.29) is 31.2 Å². The van der Waals surface area contributed by atoms with E-state index in [4.69, 9.17) is 14.3 Å². The van der Waals surface area contributed by atoms with E-state index in [1.165, 1.54) is 5.06 Å². The van der Waals surface area contributed by atoms with Crippen molar-refractivity contribution in [1.82, 2.24) is 14.5 Å². The van der Waals surface area contributed by atoms with Gasteiger partial charge in [0.2, 0.25) is 6.79 Å². The highest BCUT2D eigenvalue weighted by atomic mass is 16.7. The highest BCUT2D eigenvalue weighted by Gasteiger charge is 2.47. The molecular weight excluding hydrogens is 462 g/mol. The lowest BCUT2D eigenvalue weighted by Crippen LogP contribution is -2.44. The van der Waals surface area contributed by atoms with E-state index < -0.39 is 11.9 Å². The first-order valence-corrected chi connectivity index (χ1v) is 12.8. The van der Waals surface area contributed by atoms with Crippen LogP contribution in [0.2, 0.25) is 0 Å². The number of ether oxygens (including phenoxy) is 2. The number of rotatable bonds is 12. The number of carbonyl (C=O) groups is 2. The Morgan fingerprint density at radius 1 is 1.17 bits per heavy atom. The van der Waals surface area contributed by atoms with Gasteiger partial charge in [0.15, 0.2) is 11.5 Å². The number of likely N-dealkylation sites (tertiary alicyclic amines) is 1. The zero-order chi connectivity index (χ0) is 25.7. The Morgan fingerprint density at radius 3 is 2.67 bits per heavy atom. The van der Waals surface area contributed by atoms with Gasteiger partial charge in [-0.25, -0.2) is 5.06 Å². The smallest absolute Gasteiger partial charge is 0.308 e. The number of hydroxylamine groups is 2. The molecule has 196 valence electrons. The van der Waals surface area contributed by atoms with Crippen molar-refractivity contribution in [3.05, 3.63) is 47.8 Å². The molecule has 1 fully saturated rings. The minimum Gasteiger partial charge on any atom is -0.481 e. The van der Waals surface area contributed by atoms with Gasteiger partial charge < -0.3 is 19.1 Å². The zero-order valence-corrected chi connectivity index (χ0v) is 21.4. The number of hydrogen-bond donors (Lipinski definition) is 1. The molecule has 3 heterocycles. The summed E-state index contributed by atoms with van der Waals surface area (Å²) in [4.78, 5) is 33.7. The van der Waals surface area contributed by atoms with Crippen LogP contribution in [-0.4, -0.2) is 70.6 Å². The third kappa shape index (κ3) is 5.68. The summed E-state index contributed by atoms with van der Waals surface area (Å²) in [6, 6.07) is 9.38. The molecule has 1 aromatic carbocycles. The highest BCUT2D eigenvalue weighted by Crippen LogP contribution is 2.43.